The van der Waals surface area contributed by atoms with E-state index >= 15 is 0 Å². The summed E-state index contributed by atoms with van der Waals surface area (Å²) in [4.78, 5) is 4.11. The molecule has 0 radical (unpaired) electrons. The summed E-state index contributed by atoms with van der Waals surface area (Å²) >= 11 is 5.90. The number of anilines is 1. The van der Waals surface area contributed by atoms with Gasteiger partial charge in [-0.25, -0.2) is 4.98 Å². The van der Waals surface area contributed by atoms with Gasteiger partial charge in [0.1, 0.15) is 5.15 Å². The van der Waals surface area contributed by atoms with Gasteiger partial charge in [-0.2, -0.15) is 5.26 Å². The van der Waals surface area contributed by atoms with Crippen LogP contribution in [-0.4, -0.2) is 4.98 Å². The van der Waals surface area contributed by atoms with E-state index in [0.29, 0.717) is 10.7 Å². The second-order valence-electron chi connectivity index (χ2n) is 4.43. The molecule has 0 spiro atoms. The van der Waals surface area contributed by atoms with Crippen LogP contribution in [0, 0.1) is 18.3 Å². The van der Waals surface area contributed by atoms with Gasteiger partial charge in [-0.1, -0.05) is 23.7 Å². The quantitative estimate of drug-likeness (QED) is 0.856. The zero-order chi connectivity index (χ0) is 13.8. The van der Waals surface area contributed by atoms with Crippen molar-refractivity contribution >= 4 is 17.3 Å². The number of benzene rings is 1. The summed E-state index contributed by atoms with van der Waals surface area (Å²) in [5.74, 6) is 0. The molecule has 1 N–H and O–H groups in total. The van der Waals surface area contributed by atoms with Crippen LogP contribution >= 0.6 is 11.6 Å². The fourth-order valence-electron chi connectivity index (χ4n) is 1.85. The molecule has 1 heterocycles. The summed E-state index contributed by atoms with van der Waals surface area (Å²) < 4.78 is 0. The average molecular weight is 272 g/mol. The number of rotatable bonds is 3. The molecule has 1 atom stereocenters. The second kappa shape index (κ2) is 5.73. The minimum atomic E-state index is 0.0932. The van der Waals surface area contributed by atoms with Gasteiger partial charge in [0.15, 0.2) is 0 Å². The molecule has 0 bridgehead atoms. The molecule has 96 valence electrons. The Morgan fingerprint density at radius 2 is 2.16 bits per heavy atom. The van der Waals surface area contributed by atoms with Crippen molar-refractivity contribution in [1.29, 1.82) is 5.26 Å². The Bertz CT molecular complexity index is 632. The molecule has 0 saturated carbocycles. The van der Waals surface area contributed by atoms with Gasteiger partial charge < -0.3 is 5.32 Å². The smallest absolute Gasteiger partial charge is 0.132 e. The number of nitrogens with one attached hydrogen (secondary N) is 1. The zero-order valence-corrected chi connectivity index (χ0v) is 11.6. The molecule has 1 aromatic heterocycles. The van der Waals surface area contributed by atoms with Gasteiger partial charge in [0, 0.05) is 6.04 Å². The van der Waals surface area contributed by atoms with Crippen LogP contribution in [0.4, 0.5) is 5.69 Å². The first-order valence-corrected chi connectivity index (χ1v) is 6.36. The molecule has 1 unspecified atom stereocenters. The molecule has 0 amide bonds. The minimum absolute atomic E-state index is 0.0932. The maximum Gasteiger partial charge on any atom is 0.132 e. The van der Waals surface area contributed by atoms with E-state index in [1.54, 1.807) is 12.3 Å². The van der Waals surface area contributed by atoms with E-state index in [2.05, 4.69) is 16.4 Å². The lowest BCUT2D eigenvalue weighted by molar-refractivity contribution is 0.881. The second-order valence-corrected chi connectivity index (χ2v) is 4.79. The summed E-state index contributed by atoms with van der Waals surface area (Å²) in [6.07, 6.45) is 1.71. The molecule has 1 aromatic carbocycles. The molecule has 0 aliphatic rings. The Morgan fingerprint density at radius 1 is 1.37 bits per heavy atom. The Hall–Kier alpha value is -2.05. The Labute approximate surface area is 117 Å². The topological polar surface area (TPSA) is 48.7 Å². The van der Waals surface area contributed by atoms with E-state index in [-0.39, 0.29) is 6.04 Å². The molecule has 0 aliphatic carbocycles. The normalized spacial score (nSPS) is 11.7. The van der Waals surface area contributed by atoms with E-state index in [0.717, 1.165) is 16.8 Å². The van der Waals surface area contributed by atoms with Crippen molar-refractivity contribution < 1.29 is 0 Å². The summed E-state index contributed by atoms with van der Waals surface area (Å²) in [5.41, 5.74) is 3.57. The number of aromatic nitrogens is 1. The standard InChI is InChI=1S/C15H14ClN3/c1-10-6-14(9-18-15(10)16)19-11(2)13-5-3-4-12(7-13)8-17/h3-7,9,11,19H,1-2H3. The number of pyridine rings is 1. The fraction of sp³-hybridized carbons (Fsp3) is 0.200. The molecule has 0 saturated heterocycles. The molecule has 4 heteroatoms. The summed E-state index contributed by atoms with van der Waals surface area (Å²) in [6.45, 7) is 3.96. The summed E-state index contributed by atoms with van der Waals surface area (Å²) in [6, 6.07) is 11.8. The number of hydrogen-bond acceptors (Lipinski definition) is 3. The van der Waals surface area contributed by atoms with Crippen LogP contribution in [0.2, 0.25) is 5.15 Å². The maximum atomic E-state index is 8.91. The van der Waals surface area contributed by atoms with Crippen molar-refractivity contribution in [2.75, 3.05) is 5.32 Å². The Morgan fingerprint density at radius 3 is 2.84 bits per heavy atom. The van der Waals surface area contributed by atoms with Crippen LogP contribution in [-0.2, 0) is 0 Å². The number of aryl methyl sites for hydroxylation is 1. The highest BCUT2D eigenvalue weighted by molar-refractivity contribution is 6.30. The predicted molar refractivity (Wildman–Crippen MR) is 77.2 cm³/mol. The molecule has 19 heavy (non-hydrogen) atoms. The fourth-order valence-corrected chi connectivity index (χ4v) is 1.95. The van der Waals surface area contributed by atoms with Crippen molar-refractivity contribution in [3.05, 3.63) is 58.4 Å². The van der Waals surface area contributed by atoms with Gasteiger partial charge in [0.25, 0.3) is 0 Å². The van der Waals surface area contributed by atoms with Gasteiger partial charge in [0.2, 0.25) is 0 Å². The van der Waals surface area contributed by atoms with Crippen molar-refractivity contribution in [2.45, 2.75) is 19.9 Å². The third-order valence-electron chi connectivity index (χ3n) is 2.91. The number of hydrogen-bond donors (Lipinski definition) is 1. The minimum Gasteiger partial charge on any atom is -0.377 e. The van der Waals surface area contributed by atoms with Gasteiger partial charge in [-0.05, 0) is 43.2 Å². The molecule has 2 rings (SSSR count). The van der Waals surface area contributed by atoms with Gasteiger partial charge >= 0.3 is 0 Å². The largest absolute Gasteiger partial charge is 0.377 e. The average Bonchev–Trinajstić information content (AvgIpc) is 2.43. The highest BCUT2D eigenvalue weighted by atomic mass is 35.5. The van der Waals surface area contributed by atoms with Crippen LogP contribution in [0.5, 0.6) is 0 Å². The highest BCUT2D eigenvalue weighted by Gasteiger charge is 2.07. The van der Waals surface area contributed by atoms with Gasteiger partial charge in [-0.3, -0.25) is 0 Å². The highest BCUT2D eigenvalue weighted by Crippen LogP contribution is 2.22. The van der Waals surface area contributed by atoms with E-state index in [1.807, 2.05) is 38.1 Å². The third-order valence-corrected chi connectivity index (χ3v) is 3.31. The number of nitriles is 1. The molecule has 2 aromatic rings. The Balaban J connectivity index is 2.18. The molecule has 0 fully saturated rings. The first-order valence-electron chi connectivity index (χ1n) is 5.99. The first kappa shape index (κ1) is 13.4. The zero-order valence-electron chi connectivity index (χ0n) is 10.8. The van der Waals surface area contributed by atoms with Crippen molar-refractivity contribution in [3.8, 4) is 6.07 Å². The third kappa shape index (κ3) is 3.24. The number of halogens is 1. The maximum absolute atomic E-state index is 8.91. The van der Waals surface area contributed by atoms with Crippen LogP contribution in [0.15, 0.2) is 36.5 Å². The van der Waals surface area contributed by atoms with Crippen LogP contribution in [0.25, 0.3) is 0 Å². The van der Waals surface area contributed by atoms with Gasteiger partial charge in [0.05, 0.1) is 23.5 Å². The van der Waals surface area contributed by atoms with Gasteiger partial charge in [-0.15, -0.1) is 0 Å². The summed E-state index contributed by atoms with van der Waals surface area (Å²) in [7, 11) is 0. The summed E-state index contributed by atoms with van der Waals surface area (Å²) in [5, 5.41) is 12.8. The number of nitrogens with zero attached hydrogens (tertiary/aromatic N) is 2. The lowest BCUT2D eigenvalue weighted by Crippen LogP contribution is -2.07. The van der Waals surface area contributed by atoms with Crippen molar-refractivity contribution in [3.63, 3.8) is 0 Å². The van der Waals surface area contributed by atoms with E-state index in [4.69, 9.17) is 16.9 Å². The predicted octanol–water partition coefficient (Wildman–Crippen LogP) is 4.09. The van der Waals surface area contributed by atoms with Crippen molar-refractivity contribution in [1.82, 2.24) is 4.98 Å². The van der Waals surface area contributed by atoms with Crippen molar-refractivity contribution in [2.24, 2.45) is 0 Å². The monoisotopic (exact) mass is 271 g/mol. The molecule has 0 aliphatic heterocycles. The first-order chi connectivity index (χ1) is 9.10. The molecule has 3 nitrogen and oxygen atoms in total. The SMILES string of the molecule is Cc1cc(NC(C)c2cccc(C#N)c2)cnc1Cl. The van der Waals surface area contributed by atoms with E-state index in [9.17, 15) is 0 Å². The van der Waals surface area contributed by atoms with E-state index in [1.165, 1.54) is 0 Å². The van der Waals surface area contributed by atoms with Crippen LogP contribution in [0.1, 0.15) is 29.7 Å². The molecular formula is C15H14ClN3. The Kier molecular flexibility index (Phi) is 4.03. The lowest BCUT2D eigenvalue weighted by Gasteiger charge is -2.16. The molecular weight excluding hydrogens is 258 g/mol. The van der Waals surface area contributed by atoms with Crippen LogP contribution < -0.4 is 5.32 Å². The lowest BCUT2D eigenvalue weighted by atomic mass is 10.1. The van der Waals surface area contributed by atoms with Crippen LogP contribution in [0.3, 0.4) is 0 Å². The van der Waals surface area contributed by atoms with E-state index < -0.39 is 0 Å².